The van der Waals surface area contributed by atoms with Crippen LogP contribution in [0.1, 0.15) is 32.3 Å². The zero-order valence-corrected chi connectivity index (χ0v) is 11.8. The normalized spacial score (nSPS) is 10.6. The number of carbonyl (C=O) groups is 1. The molecule has 0 aromatic heterocycles. The van der Waals surface area contributed by atoms with Crippen molar-refractivity contribution in [3.8, 4) is 0 Å². The quantitative estimate of drug-likeness (QED) is 0.342. The first-order valence-electron chi connectivity index (χ1n) is 6.46. The standard InChI is InChI=1S/C17H20O2/c1-4-5-7-12-16(14(2)13-17(18)19-3)15-10-8-6-9-11-15/h6-11,13H,4-5H2,1-3H3/b14-13+. The number of benzene rings is 1. The van der Waals surface area contributed by atoms with Gasteiger partial charge >= 0.3 is 5.97 Å². The Hall–Kier alpha value is -2.05. The lowest BCUT2D eigenvalue weighted by atomic mass is 9.99. The molecule has 0 amide bonds. The molecule has 19 heavy (non-hydrogen) atoms. The molecule has 100 valence electrons. The lowest BCUT2D eigenvalue weighted by Gasteiger charge is -2.05. The fourth-order valence-corrected chi connectivity index (χ4v) is 1.66. The highest BCUT2D eigenvalue weighted by atomic mass is 16.5. The van der Waals surface area contributed by atoms with Crippen LogP contribution in [0.4, 0.5) is 0 Å². The van der Waals surface area contributed by atoms with Crippen LogP contribution in [0.3, 0.4) is 0 Å². The van der Waals surface area contributed by atoms with Gasteiger partial charge in [-0.15, -0.1) is 5.73 Å². The van der Waals surface area contributed by atoms with Gasteiger partial charge in [0.05, 0.1) is 7.11 Å². The number of methoxy groups -OCH3 is 1. The average Bonchev–Trinajstić information content (AvgIpc) is 2.44. The van der Waals surface area contributed by atoms with Gasteiger partial charge in [-0.05, 0) is 30.6 Å². The fourth-order valence-electron chi connectivity index (χ4n) is 1.66. The SMILES string of the molecule is CCCC=C=C(/C(C)=C/C(=O)OC)c1ccccc1. The van der Waals surface area contributed by atoms with Crippen molar-refractivity contribution in [2.45, 2.75) is 26.7 Å². The Morgan fingerprint density at radius 1 is 1.32 bits per heavy atom. The number of rotatable bonds is 5. The summed E-state index contributed by atoms with van der Waals surface area (Å²) in [4.78, 5) is 11.3. The third kappa shape index (κ3) is 4.99. The molecule has 0 unspecified atom stereocenters. The number of esters is 1. The van der Waals surface area contributed by atoms with Gasteiger partial charge in [-0.2, -0.15) is 0 Å². The maximum absolute atomic E-state index is 11.3. The van der Waals surface area contributed by atoms with E-state index in [4.69, 9.17) is 0 Å². The van der Waals surface area contributed by atoms with Gasteiger partial charge in [0, 0.05) is 11.6 Å². The summed E-state index contributed by atoms with van der Waals surface area (Å²) in [5.41, 5.74) is 6.11. The highest BCUT2D eigenvalue weighted by Crippen LogP contribution is 2.21. The third-order valence-corrected chi connectivity index (χ3v) is 2.67. The monoisotopic (exact) mass is 256 g/mol. The number of allylic oxidation sites excluding steroid dienone is 2. The molecule has 0 bridgehead atoms. The van der Waals surface area contributed by atoms with E-state index in [2.05, 4.69) is 17.4 Å². The van der Waals surface area contributed by atoms with Crippen molar-refractivity contribution in [2.75, 3.05) is 7.11 Å². The van der Waals surface area contributed by atoms with E-state index in [-0.39, 0.29) is 5.97 Å². The molecule has 0 N–H and O–H groups in total. The number of unbranched alkanes of at least 4 members (excludes halogenated alkanes) is 1. The predicted molar refractivity (Wildman–Crippen MR) is 78.6 cm³/mol. The van der Waals surface area contributed by atoms with Crippen LogP contribution in [-0.2, 0) is 9.53 Å². The second-order valence-electron chi connectivity index (χ2n) is 4.23. The molecule has 0 aliphatic heterocycles. The minimum absolute atomic E-state index is 0.344. The second kappa shape index (κ2) is 8.12. The van der Waals surface area contributed by atoms with Gasteiger partial charge in [0.2, 0.25) is 0 Å². The van der Waals surface area contributed by atoms with E-state index in [0.29, 0.717) is 0 Å². The summed E-state index contributed by atoms with van der Waals surface area (Å²) in [5, 5.41) is 0. The van der Waals surface area contributed by atoms with Crippen molar-refractivity contribution in [3.05, 3.63) is 59.4 Å². The largest absolute Gasteiger partial charge is 0.466 e. The van der Waals surface area contributed by atoms with E-state index >= 15 is 0 Å². The van der Waals surface area contributed by atoms with E-state index in [1.54, 1.807) is 0 Å². The summed E-state index contributed by atoms with van der Waals surface area (Å²) >= 11 is 0. The first-order chi connectivity index (χ1) is 9.19. The van der Waals surface area contributed by atoms with E-state index in [0.717, 1.165) is 29.6 Å². The molecule has 0 radical (unpaired) electrons. The van der Waals surface area contributed by atoms with Crippen LogP contribution in [-0.4, -0.2) is 13.1 Å². The molecule has 2 heteroatoms. The van der Waals surface area contributed by atoms with Crippen LogP contribution in [0, 0.1) is 0 Å². The first-order valence-corrected chi connectivity index (χ1v) is 6.46. The van der Waals surface area contributed by atoms with E-state index < -0.39 is 0 Å². The third-order valence-electron chi connectivity index (χ3n) is 2.67. The van der Waals surface area contributed by atoms with Crippen molar-refractivity contribution in [2.24, 2.45) is 0 Å². The lowest BCUT2D eigenvalue weighted by molar-refractivity contribution is -0.134. The molecule has 0 saturated carbocycles. The highest BCUT2D eigenvalue weighted by Gasteiger charge is 2.05. The van der Waals surface area contributed by atoms with Gasteiger partial charge in [0.1, 0.15) is 0 Å². The minimum Gasteiger partial charge on any atom is -0.466 e. The van der Waals surface area contributed by atoms with Crippen molar-refractivity contribution in [3.63, 3.8) is 0 Å². The average molecular weight is 256 g/mol. The van der Waals surface area contributed by atoms with Crippen LogP contribution in [0.15, 0.2) is 53.8 Å². The van der Waals surface area contributed by atoms with Crippen molar-refractivity contribution < 1.29 is 9.53 Å². The summed E-state index contributed by atoms with van der Waals surface area (Å²) < 4.78 is 4.67. The summed E-state index contributed by atoms with van der Waals surface area (Å²) in [6.07, 6.45) is 5.56. The zero-order chi connectivity index (χ0) is 14.1. The molecule has 1 aromatic carbocycles. The number of hydrogen-bond donors (Lipinski definition) is 0. The summed E-state index contributed by atoms with van der Waals surface area (Å²) in [7, 11) is 1.38. The predicted octanol–water partition coefficient (Wildman–Crippen LogP) is 4.14. The summed E-state index contributed by atoms with van der Waals surface area (Å²) in [6.45, 7) is 4.02. The number of hydrogen-bond acceptors (Lipinski definition) is 2. The van der Waals surface area contributed by atoms with Crippen LogP contribution < -0.4 is 0 Å². The van der Waals surface area contributed by atoms with E-state index in [9.17, 15) is 4.79 Å². The van der Waals surface area contributed by atoms with E-state index in [1.807, 2.05) is 43.3 Å². The Bertz CT molecular complexity index is 503. The van der Waals surface area contributed by atoms with Gasteiger partial charge in [-0.1, -0.05) is 43.7 Å². The smallest absolute Gasteiger partial charge is 0.330 e. The second-order valence-corrected chi connectivity index (χ2v) is 4.23. The van der Waals surface area contributed by atoms with E-state index in [1.165, 1.54) is 13.2 Å². The molecule has 1 rings (SSSR count). The Kier molecular flexibility index (Phi) is 6.42. The Morgan fingerprint density at radius 2 is 2.00 bits per heavy atom. The molecule has 0 saturated heterocycles. The topological polar surface area (TPSA) is 26.3 Å². The first kappa shape index (κ1) is 15.0. The molecule has 0 spiro atoms. The Balaban J connectivity index is 3.18. The number of ether oxygens (including phenoxy) is 1. The molecular weight excluding hydrogens is 236 g/mol. The van der Waals surface area contributed by atoms with Crippen LogP contribution in [0.5, 0.6) is 0 Å². The zero-order valence-electron chi connectivity index (χ0n) is 11.8. The van der Waals surface area contributed by atoms with Gasteiger partial charge in [-0.25, -0.2) is 4.79 Å². The van der Waals surface area contributed by atoms with Crippen LogP contribution in [0.25, 0.3) is 5.57 Å². The minimum atomic E-state index is -0.344. The molecule has 0 heterocycles. The Labute approximate surface area is 115 Å². The molecule has 1 aromatic rings. The lowest BCUT2D eigenvalue weighted by Crippen LogP contribution is -1.97. The Morgan fingerprint density at radius 3 is 2.58 bits per heavy atom. The molecule has 0 atom stereocenters. The molecule has 0 fully saturated rings. The summed E-state index contributed by atoms with van der Waals surface area (Å²) in [5.74, 6) is -0.344. The molecule has 0 aliphatic carbocycles. The number of carbonyl (C=O) groups excluding carboxylic acids is 1. The van der Waals surface area contributed by atoms with Crippen LogP contribution >= 0.6 is 0 Å². The molecule has 2 nitrogen and oxygen atoms in total. The van der Waals surface area contributed by atoms with Gasteiger partial charge in [0.15, 0.2) is 0 Å². The van der Waals surface area contributed by atoms with Crippen molar-refractivity contribution in [1.82, 2.24) is 0 Å². The maximum Gasteiger partial charge on any atom is 0.330 e. The van der Waals surface area contributed by atoms with Gasteiger partial charge in [-0.3, -0.25) is 0 Å². The van der Waals surface area contributed by atoms with Gasteiger partial charge in [0.25, 0.3) is 0 Å². The van der Waals surface area contributed by atoms with Crippen molar-refractivity contribution >= 4 is 11.5 Å². The van der Waals surface area contributed by atoms with Crippen LogP contribution in [0.2, 0.25) is 0 Å². The maximum atomic E-state index is 11.3. The highest BCUT2D eigenvalue weighted by molar-refractivity contribution is 5.89. The fraction of sp³-hybridized carbons (Fsp3) is 0.294. The molecule has 0 aliphatic rings. The van der Waals surface area contributed by atoms with Gasteiger partial charge < -0.3 is 4.74 Å². The van der Waals surface area contributed by atoms with Crippen molar-refractivity contribution in [1.29, 1.82) is 0 Å². The molecular formula is C17H20O2. The summed E-state index contributed by atoms with van der Waals surface area (Å²) in [6, 6.07) is 9.94.